The molecule has 5 nitrogen and oxygen atoms in total. The largest absolute Gasteiger partial charge is 0.323 e. The van der Waals surface area contributed by atoms with Gasteiger partial charge in [0, 0.05) is 13.1 Å². The normalized spacial score (nSPS) is 11.7. The molecule has 0 saturated carbocycles. The predicted octanol–water partition coefficient (Wildman–Crippen LogP) is 12.8. The van der Waals surface area contributed by atoms with Gasteiger partial charge in [-0.2, -0.15) is 25.3 Å². The van der Waals surface area contributed by atoms with Crippen molar-refractivity contribution in [3.8, 4) is 23.0 Å². The standard InChI is InChI=1S/C43H61N5S2/c49-34-23-15-11-7-3-1-5-9-13-21-32-47-40-30-19-17-26-36(40)45-42(47)38-28-25-29-39(44-38)43-46-37-27-18-20-31-41(37)48(43)33-22-14-10-6-2-4-8-12-16-24-35-50/h17-20,25-31,49-50H,1-16,21-24,32-35H2. The summed E-state index contributed by atoms with van der Waals surface area (Å²) in [6, 6.07) is 23.4. The fraction of sp³-hybridized carbons (Fsp3) is 0.558. The van der Waals surface area contributed by atoms with E-state index in [4.69, 9.17) is 15.0 Å². The van der Waals surface area contributed by atoms with E-state index in [1.807, 2.05) is 0 Å². The number of pyridine rings is 1. The van der Waals surface area contributed by atoms with E-state index in [1.165, 1.54) is 127 Å². The van der Waals surface area contributed by atoms with E-state index in [0.717, 1.165) is 71.5 Å². The topological polar surface area (TPSA) is 48.5 Å². The summed E-state index contributed by atoms with van der Waals surface area (Å²) in [6.45, 7) is 1.92. The highest BCUT2D eigenvalue weighted by Crippen LogP contribution is 2.29. The maximum atomic E-state index is 5.26. The van der Waals surface area contributed by atoms with Crippen LogP contribution < -0.4 is 0 Å². The Bertz CT molecular complexity index is 1560. The van der Waals surface area contributed by atoms with Crippen LogP contribution in [0.1, 0.15) is 128 Å². The third kappa shape index (κ3) is 11.6. The second kappa shape index (κ2) is 22.2. The van der Waals surface area contributed by atoms with Crippen LogP contribution >= 0.6 is 25.3 Å². The van der Waals surface area contributed by atoms with Gasteiger partial charge in [-0.15, -0.1) is 0 Å². The first-order valence-corrected chi connectivity index (χ1v) is 21.2. The zero-order chi connectivity index (χ0) is 34.6. The summed E-state index contributed by atoms with van der Waals surface area (Å²) >= 11 is 8.66. The van der Waals surface area contributed by atoms with Gasteiger partial charge in [-0.1, -0.05) is 133 Å². The molecule has 0 bridgehead atoms. The highest BCUT2D eigenvalue weighted by Gasteiger charge is 2.17. The lowest BCUT2D eigenvalue weighted by Gasteiger charge is -2.12. The molecule has 0 amide bonds. The van der Waals surface area contributed by atoms with Gasteiger partial charge in [0.2, 0.25) is 0 Å². The molecular formula is C43H61N5S2. The van der Waals surface area contributed by atoms with Crippen LogP contribution in [-0.4, -0.2) is 35.6 Å². The van der Waals surface area contributed by atoms with E-state index in [1.54, 1.807) is 0 Å². The van der Waals surface area contributed by atoms with Gasteiger partial charge in [0.05, 0.1) is 22.1 Å². The molecule has 0 atom stereocenters. The number of unbranched alkanes of at least 4 members (excludes halogenated alkanes) is 18. The Labute approximate surface area is 312 Å². The number of hydrogen-bond donors (Lipinski definition) is 2. The van der Waals surface area contributed by atoms with Crippen LogP contribution in [0.25, 0.3) is 45.1 Å². The second-order valence-electron chi connectivity index (χ2n) is 14.1. The number of aromatic nitrogens is 5. The van der Waals surface area contributed by atoms with E-state index < -0.39 is 0 Å². The first-order valence-electron chi connectivity index (χ1n) is 19.9. The van der Waals surface area contributed by atoms with Crippen molar-refractivity contribution < 1.29 is 0 Å². The predicted molar refractivity (Wildman–Crippen MR) is 222 cm³/mol. The molecule has 0 radical (unpaired) electrons. The molecule has 3 aromatic heterocycles. The molecule has 0 spiro atoms. The van der Waals surface area contributed by atoms with Crippen LogP contribution in [-0.2, 0) is 13.1 Å². The third-order valence-corrected chi connectivity index (χ3v) is 10.7. The number of fused-ring (bicyclic) bond motifs is 2. The molecule has 0 saturated heterocycles. The molecule has 0 unspecified atom stereocenters. The molecule has 50 heavy (non-hydrogen) atoms. The van der Waals surface area contributed by atoms with E-state index >= 15 is 0 Å². The van der Waals surface area contributed by atoms with Crippen molar-refractivity contribution in [1.29, 1.82) is 0 Å². The zero-order valence-corrected chi connectivity index (χ0v) is 32.2. The lowest BCUT2D eigenvalue weighted by molar-refractivity contribution is 0.539. The molecule has 0 aliphatic rings. The Hall–Kier alpha value is -2.77. The molecule has 0 aliphatic carbocycles. The van der Waals surface area contributed by atoms with Crippen molar-refractivity contribution in [3.63, 3.8) is 0 Å². The molecule has 5 rings (SSSR count). The minimum Gasteiger partial charge on any atom is -0.323 e. The van der Waals surface area contributed by atoms with E-state index in [2.05, 4.69) is 101 Å². The molecule has 0 aliphatic heterocycles. The average Bonchev–Trinajstić information content (AvgIpc) is 3.71. The smallest absolute Gasteiger partial charge is 0.159 e. The molecule has 0 fully saturated rings. The zero-order valence-electron chi connectivity index (χ0n) is 30.5. The minimum absolute atomic E-state index is 0.917. The first-order chi connectivity index (χ1) is 24.8. The van der Waals surface area contributed by atoms with Crippen LogP contribution in [0.15, 0.2) is 66.7 Å². The number of thiol groups is 2. The van der Waals surface area contributed by atoms with Crippen LogP contribution in [0.5, 0.6) is 0 Å². The Balaban J connectivity index is 1.21. The highest BCUT2D eigenvalue weighted by molar-refractivity contribution is 7.80. The fourth-order valence-corrected chi connectivity index (χ4v) is 7.72. The number of imidazole rings is 2. The Morgan fingerprint density at radius 3 is 1.08 bits per heavy atom. The van der Waals surface area contributed by atoms with Crippen LogP contribution in [0, 0.1) is 0 Å². The Morgan fingerprint density at radius 1 is 0.360 bits per heavy atom. The number of benzene rings is 2. The van der Waals surface area contributed by atoms with Crippen LogP contribution in [0.2, 0.25) is 0 Å². The SMILES string of the molecule is SCCCCCCCCCCCCn1c(-c2cccc(-c3nc4ccccc4n3CCCCCCCCCCCCS)n2)nc2ccccc21. The van der Waals surface area contributed by atoms with Gasteiger partial charge in [0.1, 0.15) is 11.4 Å². The van der Waals surface area contributed by atoms with E-state index in [0.29, 0.717) is 0 Å². The van der Waals surface area contributed by atoms with Gasteiger partial charge in [-0.05, 0) is 73.6 Å². The number of hydrogen-bond acceptors (Lipinski definition) is 5. The fourth-order valence-electron chi connectivity index (χ4n) is 7.27. The van der Waals surface area contributed by atoms with Gasteiger partial charge >= 0.3 is 0 Å². The van der Waals surface area contributed by atoms with Crippen molar-refractivity contribution in [2.24, 2.45) is 0 Å². The summed E-state index contributed by atoms with van der Waals surface area (Å²) in [5.74, 6) is 3.96. The van der Waals surface area contributed by atoms with Crippen molar-refractivity contribution in [2.75, 3.05) is 11.5 Å². The first kappa shape index (κ1) is 38.5. The monoisotopic (exact) mass is 711 g/mol. The van der Waals surface area contributed by atoms with E-state index in [-0.39, 0.29) is 0 Å². The molecule has 2 aromatic carbocycles. The Kier molecular flexibility index (Phi) is 17.1. The van der Waals surface area contributed by atoms with Gasteiger partial charge < -0.3 is 9.13 Å². The summed E-state index contributed by atoms with van der Waals surface area (Å²) in [5, 5.41) is 0. The van der Waals surface area contributed by atoms with Gasteiger partial charge in [0.25, 0.3) is 0 Å². The maximum absolute atomic E-state index is 5.26. The summed E-state index contributed by atoms with van der Waals surface area (Å²) in [4.78, 5) is 15.5. The molecule has 270 valence electrons. The lowest BCUT2D eigenvalue weighted by atomic mass is 10.1. The average molecular weight is 712 g/mol. The van der Waals surface area contributed by atoms with E-state index in [9.17, 15) is 0 Å². The molecule has 3 heterocycles. The van der Waals surface area contributed by atoms with Gasteiger partial charge in [0.15, 0.2) is 11.6 Å². The molecule has 5 aromatic rings. The quantitative estimate of drug-likeness (QED) is 0.0443. The van der Waals surface area contributed by atoms with Crippen LogP contribution in [0.4, 0.5) is 0 Å². The van der Waals surface area contributed by atoms with Crippen molar-refractivity contribution >= 4 is 47.3 Å². The Morgan fingerprint density at radius 2 is 0.700 bits per heavy atom. The molecular weight excluding hydrogens is 651 g/mol. The maximum Gasteiger partial charge on any atom is 0.159 e. The van der Waals surface area contributed by atoms with Crippen molar-refractivity contribution in [1.82, 2.24) is 24.1 Å². The number of aryl methyl sites for hydroxylation is 2. The lowest BCUT2D eigenvalue weighted by Crippen LogP contribution is -2.04. The highest BCUT2D eigenvalue weighted by atomic mass is 32.1. The van der Waals surface area contributed by atoms with Gasteiger partial charge in [-0.25, -0.2) is 15.0 Å². The minimum atomic E-state index is 0.917. The van der Waals surface area contributed by atoms with Gasteiger partial charge in [-0.3, -0.25) is 0 Å². The van der Waals surface area contributed by atoms with Crippen LogP contribution in [0.3, 0.4) is 0 Å². The number of rotatable bonds is 26. The molecule has 0 N–H and O–H groups in total. The summed E-state index contributed by atoms with van der Waals surface area (Å²) in [6.07, 6.45) is 26.2. The van der Waals surface area contributed by atoms with Crippen molar-refractivity contribution in [3.05, 3.63) is 66.7 Å². The number of para-hydroxylation sites is 4. The van der Waals surface area contributed by atoms with Crippen molar-refractivity contribution in [2.45, 2.75) is 142 Å². The second-order valence-corrected chi connectivity index (χ2v) is 15.0. The summed E-state index contributed by atoms with van der Waals surface area (Å²) in [5.41, 5.74) is 6.29. The summed E-state index contributed by atoms with van der Waals surface area (Å²) in [7, 11) is 0. The third-order valence-electron chi connectivity index (χ3n) is 10.1. The number of nitrogens with zero attached hydrogens (tertiary/aromatic N) is 5. The molecule has 7 heteroatoms. The summed E-state index contributed by atoms with van der Waals surface area (Å²) < 4.78 is 4.79.